The standard InChI is InChI=1S/C18H14Cl2O/c1-21-15-10-6-2-3-7-11(10)16-17(18(16,19)20)13-9-5-4-8-12(13)14(15)17/h2-10,13,15H,1H3. The van der Waals surface area contributed by atoms with Gasteiger partial charge in [-0.15, -0.1) is 0 Å². The fourth-order valence-corrected chi connectivity index (χ4v) is 5.87. The third-order valence-electron chi connectivity index (χ3n) is 5.59. The van der Waals surface area contributed by atoms with Gasteiger partial charge >= 0.3 is 0 Å². The predicted octanol–water partition coefficient (Wildman–Crippen LogP) is 4.28. The molecule has 0 N–H and O–H groups in total. The molecule has 0 heterocycles. The second-order valence-corrected chi connectivity index (χ2v) is 7.56. The van der Waals surface area contributed by atoms with Crippen LogP contribution in [0.4, 0.5) is 0 Å². The number of allylic oxidation sites excluding steroid dienone is 9. The highest BCUT2D eigenvalue weighted by Gasteiger charge is 2.84. The molecule has 0 saturated heterocycles. The van der Waals surface area contributed by atoms with Crippen LogP contribution in [0.3, 0.4) is 0 Å². The lowest BCUT2D eigenvalue weighted by Crippen LogP contribution is -2.46. The number of ether oxygens (including phenoxy) is 1. The van der Waals surface area contributed by atoms with Crippen LogP contribution < -0.4 is 0 Å². The summed E-state index contributed by atoms with van der Waals surface area (Å²) in [6.45, 7) is 0. The van der Waals surface area contributed by atoms with Crippen molar-refractivity contribution >= 4 is 23.2 Å². The molecule has 3 heteroatoms. The summed E-state index contributed by atoms with van der Waals surface area (Å²) in [6.07, 6.45) is 17.1. The highest BCUT2D eigenvalue weighted by Crippen LogP contribution is 2.85. The number of hydrogen-bond acceptors (Lipinski definition) is 1. The van der Waals surface area contributed by atoms with Gasteiger partial charge in [-0.1, -0.05) is 71.8 Å². The van der Waals surface area contributed by atoms with Gasteiger partial charge < -0.3 is 4.74 Å². The van der Waals surface area contributed by atoms with Crippen molar-refractivity contribution in [1.29, 1.82) is 0 Å². The smallest absolute Gasteiger partial charge is 0.154 e. The molecule has 21 heavy (non-hydrogen) atoms. The second-order valence-electron chi connectivity index (χ2n) is 6.23. The van der Waals surface area contributed by atoms with Crippen molar-refractivity contribution in [2.45, 2.75) is 10.4 Å². The molecule has 5 aliphatic carbocycles. The largest absolute Gasteiger partial charge is 0.376 e. The highest BCUT2D eigenvalue weighted by atomic mass is 35.5. The molecule has 4 atom stereocenters. The minimum Gasteiger partial charge on any atom is -0.376 e. The van der Waals surface area contributed by atoms with E-state index in [-0.39, 0.29) is 17.4 Å². The molecule has 5 rings (SSSR count). The highest BCUT2D eigenvalue weighted by molar-refractivity contribution is 6.56. The average molecular weight is 317 g/mol. The van der Waals surface area contributed by atoms with Crippen LogP contribution in [0.2, 0.25) is 0 Å². The van der Waals surface area contributed by atoms with Crippen molar-refractivity contribution in [3.05, 3.63) is 70.9 Å². The zero-order valence-corrected chi connectivity index (χ0v) is 13.0. The van der Waals surface area contributed by atoms with Gasteiger partial charge in [0.1, 0.15) is 0 Å². The summed E-state index contributed by atoms with van der Waals surface area (Å²) in [5.41, 5.74) is 4.85. The van der Waals surface area contributed by atoms with Crippen LogP contribution in [0.1, 0.15) is 0 Å². The number of hydrogen-bond donors (Lipinski definition) is 0. The van der Waals surface area contributed by atoms with Crippen LogP contribution in [-0.2, 0) is 4.74 Å². The van der Waals surface area contributed by atoms with Crippen molar-refractivity contribution in [2.24, 2.45) is 17.3 Å². The topological polar surface area (TPSA) is 9.23 Å². The molecule has 4 unspecified atom stereocenters. The third-order valence-corrected chi connectivity index (χ3v) is 6.56. The first-order chi connectivity index (χ1) is 10.2. The van der Waals surface area contributed by atoms with Crippen LogP contribution in [0.15, 0.2) is 70.9 Å². The number of halogens is 2. The van der Waals surface area contributed by atoms with Gasteiger partial charge in [-0.3, -0.25) is 0 Å². The third kappa shape index (κ3) is 1.12. The second kappa shape index (κ2) is 3.65. The van der Waals surface area contributed by atoms with E-state index in [0.717, 1.165) is 0 Å². The van der Waals surface area contributed by atoms with Gasteiger partial charge in [-0.2, -0.15) is 0 Å². The Balaban J connectivity index is 1.83. The first-order valence-electron chi connectivity index (χ1n) is 7.25. The monoisotopic (exact) mass is 316 g/mol. The van der Waals surface area contributed by atoms with E-state index in [0.29, 0.717) is 5.92 Å². The normalized spacial score (nSPS) is 43.1. The van der Waals surface area contributed by atoms with Gasteiger partial charge in [0.05, 0.1) is 11.5 Å². The molecule has 0 radical (unpaired) electrons. The predicted molar refractivity (Wildman–Crippen MR) is 85.3 cm³/mol. The van der Waals surface area contributed by atoms with Crippen LogP contribution in [0.5, 0.6) is 0 Å². The Bertz CT molecular complexity index is 747. The zero-order chi connectivity index (χ0) is 14.4. The maximum Gasteiger partial charge on any atom is 0.154 e. The molecule has 1 fully saturated rings. The number of alkyl halides is 2. The van der Waals surface area contributed by atoms with Crippen LogP contribution in [0.25, 0.3) is 0 Å². The van der Waals surface area contributed by atoms with Crippen LogP contribution >= 0.6 is 23.2 Å². The van der Waals surface area contributed by atoms with E-state index in [1.54, 1.807) is 7.11 Å². The van der Waals surface area contributed by atoms with E-state index in [9.17, 15) is 0 Å². The Labute approximate surface area is 133 Å². The Hall–Kier alpha value is -1.02. The van der Waals surface area contributed by atoms with E-state index < -0.39 is 4.33 Å². The van der Waals surface area contributed by atoms with E-state index in [2.05, 4.69) is 48.6 Å². The molecule has 1 spiro atoms. The quantitative estimate of drug-likeness (QED) is 0.656. The molecule has 1 saturated carbocycles. The van der Waals surface area contributed by atoms with Crippen molar-refractivity contribution in [3.8, 4) is 0 Å². The fourth-order valence-electron chi connectivity index (χ4n) is 4.82. The molecule has 0 aliphatic heterocycles. The SMILES string of the molecule is COC1C2=C3C=CC=CC3C23C(=C2C=CC=CC21)C3(Cl)Cl. The fraction of sp³-hybridized carbons (Fsp3) is 0.333. The molecular weight excluding hydrogens is 303 g/mol. The molecule has 0 aromatic heterocycles. The lowest BCUT2D eigenvalue weighted by atomic mass is 9.56. The molecule has 0 aromatic rings. The van der Waals surface area contributed by atoms with Gasteiger partial charge in [0.15, 0.2) is 4.33 Å². The lowest BCUT2D eigenvalue weighted by Gasteiger charge is -2.49. The minimum atomic E-state index is -0.789. The Morgan fingerprint density at radius 2 is 1.71 bits per heavy atom. The summed E-state index contributed by atoms with van der Waals surface area (Å²) in [7, 11) is 1.78. The van der Waals surface area contributed by atoms with Gasteiger partial charge in [0.25, 0.3) is 0 Å². The summed E-state index contributed by atoms with van der Waals surface area (Å²) < 4.78 is 5.09. The molecule has 0 aromatic carbocycles. The van der Waals surface area contributed by atoms with Crippen molar-refractivity contribution in [1.82, 2.24) is 0 Å². The summed E-state index contributed by atoms with van der Waals surface area (Å²) in [5.74, 6) is 0.526. The van der Waals surface area contributed by atoms with E-state index in [4.69, 9.17) is 27.9 Å². The molecule has 5 aliphatic rings. The van der Waals surface area contributed by atoms with Gasteiger partial charge in [-0.05, 0) is 22.3 Å². The zero-order valence-electron chi connectivity index (χ0n) is 11.5. The Kier molecular flexibility index (Phi) is 2.18. The first kappa shape index (κ1) is 12.5. The lowest BCUT2D eigenvalue weighted by molar-refractivity contribution is 0.0813. The number of methoxy groups -OCH3 is 1. The van der Waals surface area contributed by atoms with E-state index >= 15 is 0 Å². The van der Waals surface area contributed by atoms with Crippen LogP contribution in [-0.4, -0.2) is 17.5 Å². The number of fused-ring (bicyclic) bond motifs is 2. The Morgan fingerprint density at radius 3 is 2.48 bits per heavy atom. The van der Waals surface area contributed by atoms with Crippen molar-refractivity contribution in [2.75, 3.05) is 7.11 Å². The number of rotatable bonds is 1. The summed E-state index contributed by atoms with van der Waals surface area (Å²) >= 11 is 13.5. The molecule has 106 valence electrons. The summed E-state index contributed by atoms with van der Waals surface area (Å²) in [6, 6.07) is 0. The van der Waals surface area contributed by atoms with E-state index in [1.165, 1.54) is 22.3 Å². The minimum absolute atomic E-state index is 0.0340. The summed E-state index contributed by atoms with van der Waals surface area (Å²) in [5, 5.41) is 0. The average Bonchev–Trinajstić information content (AvgIpc) is 3.05. The van der Waals surface area contributed by atoms with Gasteiger partial charge in [0.2, 0.25) is 0 Å². The Morgan fingerprint density at radius 1 is 1.00 bits per heavy atom. The molecule has 1 nitrogen and oxygen atoms in total. The van der Waals surface area contributed by atoms with E-state index in [1.807, 2.05) is 0 Å². The van der Waals surface area contributed by atoms with Crippen molar-refractivity contribution < 1.29 is 4.74 Å². The molecular formula is C18H14Cl2O. The molecule has 0 amide bonds. The first-order valence-corrected chi connectivity index (χ1v) is 8.01. The molecule has 0 bridgehead atoms. The summed E-state index contributed by atoms with van der Waals surface area (Å²) in [4.78, 5) is 0. The van der Waals surface area contributed by atoms with Crippen LogP contribution in [0, 0.1) is 17.3 Å². The van der Waals surface area contributed by atoms with Gasteiger partial charge in [0, 0.05) is 18.9 Å². The maximum absolute atomic E-state index is 6.76. The maximum atomic E-state index is 6.76. The van der Waals surface area contributed by atoms with Gasteiger partial charge in [-0.25, -0.2) is 0 Å². The van der Waals surface area contributed by atoms with Crippen molar-refractivity contribution in [3.63, 3.8) is 0 Å².